The molecule has 128 valence electrons. The van der Waals surface area contributed by atoms with Gasteiger partial charge in [0, 0.05) is 6.54 Å². The lowest BCUT2D eigenvalue weighted by atomic mass is 9.94. The van der Waals surface area contributed by atoms with E-state index in [-0.39, 0.29) is 23.5 Å². The maximum atomic E-state index is 12.1. The fourth-order valence-corrected chi connectivity index (χ4v) is 3.42. The Balaban J connectivity index is 1.59. The maximum Gasteiger partial charge on any atom is 0.315 e. The minimum Gasteiger partial charge on any atom is -0.334 e. The molecular weight excluding hydrogens is 330 g/mol. The van der Waals surface area contributed by atoms with Crippen molar-refractivity contribution >= 4 is 16.1 Å². The highest BCUT2D eigenvalue weighted by molar-refractivity contribution is 7.89. The maximum absolute atomic E-state index is 12.1. The highest BCUT2D eigenvalue weighted by Gasteiger charge is 2.23. The summed E-state index contributed by atoms with van der Waals surface area (Å²) in [5, 5.41) is 17.7. The summed E-state index contributed by atoms with van der Waals surface area (Å²) >= 11 is 0. The first-order valence-corrected chi connectivity index (χ1v) is 9.16. The second-order valence-corrected chi connectivity index (χ2v) is 7.33. The Kier molecular flexibility index (Phi) is 4.54. The Morgan fingerprint density at radius 1 is 1.42 bits per heavy atom. The largest absolute Gasteiger partial charge is 0.334 e. The van der Waals surface area contributed by atoms with Gasteiger partial charge in [-0.3, -0.25) is 5.10 Å². The van der Waals surface area contributed by atoms with E-state index in [9.17, 15) is 13.2 Å². The number of carbonyl (C=O) groups excluding carboxylic acids is 1. The summed E-state index contributed by atoms with van der Waals surface area (Å²) in [6.07, 6.45) is 4.60. The van der Waals surface area contributed by atoms with Crippen LogP contribution in [-0.2, 0) is 23.0 Å². The van der Waals surface area contributed by atoms with E-state index >= 15 is 0 Å². The molecule has 0 bridgehead atoms. The molecule has 0 fully saturated rings. The van der Waals surface area contributed by atoms with Crippen LogP contribution in [0.15, 0.2) is 35.4 Å². The molecule has 0 saturated heterocycles. The van der Waals surface area contributed by atoms with Gasteiger partial charge in [0.25, 0.3) is 0 Å². The Morgan fingerprint density at radius 3 is 3.04 bits per heavy atom. The number of hydrogen-bond acceptors (Lipinski definition) is 4. The van der Waals surface area contributed by atoms with Crippen LogP contribution in [0, 0.1) is 0 Å². The summed E-state index contributed by atoms with van der Waals surface area (Å²) in [5.74, 6) is 0. The van der Waals surface area contributed by atoms with Gasteiger partial charge in [0.2, 0.25) is 10.0 Å². The van der Waals surface area contributed by atoms with Gasteiger partial charge in [-0.25, -0.2) is 18.4 Å². The van der Waals surface area contributed by atoms with Crippen molar-refractivity contribution in [3.8, 4) is 0 Å². The van der Waals surface area contributed by atoms with Gasteiger partial charge in [-0.05, 0) is 42.5 Å². The number of benzene rings is 1. The van der Waals surface area contributed by atoms with Gasteiger partial charge >= 0.3 is 6.03 Å². The molecule has 0 aliphatic heterocycles. The van der Waals surface area contributed by atoms with Crippen LogP contribution in [0.2, 0.25) is 0 Å². The van der Waals surface area contributed by atoms with E-state index in [2.05, 4.69) is 20.8 Å². The summed E-state index contributed by atoms with van der Waals surface area (Å²) in [7, 11) is -3.75. The molecule has 3 rings (SSSR count). The molecule has 1 aliphatic rings. The van der Waals surface area contributed by atoms with E-state index in [0.717, 1.165) is 30.5 Å². The highest BCUT2D eigenvalue weighted by Crippen LogP contribution is 2.27. The minimum atomic E-state index is -3.75. The molecule has 2 aromatic rings. The SMILES string of the molecule is NS(=O)(=O)c1cccc(CNC(=O)N[C@H]2CCCc3cn[nH]c32)c1. The third-order valence-corrected chi connectivity index (χ3v) is 4.94. The molecule has 1 atom stereocenters. The van der Waals surface area contributed by atoms with Crippen LogP contribution >= 0.6 is 0 Å². The topological polar surface area (TPSA) is 130 Å². The zero-order valence-electron chi connectivity index (χ0n) is 13.0. The number of aromatic nitrogens is 2. The van der Waals surface area contributed by atoms with Crippen molar-refractivity contribution < 1.29 is 13.2 Å². The number of fused-ring (bicyclic) bond motifs is 1. The van der Waals surface area contributed by atoms with Gasteiger partial charge < -0.3 is 10.6 Å². The molecular formula is C15H19N5O3S. The standard InChI is InChI=1S/C15H19N5O3S/c16-24(22,23)12-5-1-3-10(7-12)8-17-15(21)19-13-6-2-4-11-9-18-20-14(11)13/h1,3,5,7,9,13H,2,4,6,8H2,(H,18,20)(H2,16,22,23)(H2,17,19,21)/t13-/m0/s1. The molecule has 1 aromatic carbocycles. The highest BCUT2D eigenvalue weighted by atomic mass is 32.2. The molecule has 5 N–H and O–H groups in total. The van der Waals surface area contributed by atoms with E-state index in [4.69, 9.17) is 5.14 Å². The van der Waals surface area contributed by atoms with Crippen LogP contribution in [0.25, 0.3) is 0 Å². The predicted octanol–water partition coefficient (Wildman–Crippen LogP) is 0.934. The fraction of sp³-hybridized carbons (Fsp3) is 0.333. The van der Waals surface area contributed by atoms with Gasteiger partial charge in [-0.2, -0.15) is 5.10 Å². The van der Waals surface area contributed by atoms with Crippen molar-refractivity contribution in [2.75, 3.05) is 0 Å². The molecule has 8 nitrogen and oxygen atoms in total. The number of aromatic amines is 1. The number of sulfonamides is 1. The predicted molar refractivity (Wildman–Crippen MR) is 87.5 cm³/mol. The second-order valence-electron chi connectivity index (χ2n) is 5.77. The van der Waals surface area contributed by atoms with Crippen molar-refractivity contribution in [2.24, 2.45) is 5.14 Å². The van der Waals surface area contributed by atoms with E-state index < -0.39 is 10.0 Å². The number of amides is 2. The molecule has 0 radical (unpaired) electrons. The van der Waals surface area contributed by atoms with Crippen LogP contribution in [-0.4, -0.2) is 24.6 Å². The summed E-state index contributed by atoms with van der Waals surface area (Å²) in [6, 6.07) is 5.77. The molecule has 0 spiro atoms. The number of rotatable bonds is 4. The first kappa shape index (κ1) is 16.5. The number of H-pyrrole nitrogens is 1. The van der Waals surface area contributed by atoms with Gasteiger partial charge in [0.15, 0.2) is 0 Å². The number of nitrogens with zero attached hydrogens (tertiary/aromatic N) is 1. The van der Waals surface area contributed by atoms with Crippen LogP contribution in [0.1, 0.15) is 35.7 Å². The van der Waals surface area contributed by atoms with E-state index in [0.29, 0.717) is 5.56 Å². The lowest BCUT2D eigenvalue weighted by Crippen LogP contribution is -2.38. The number of nitrogens with two attached hydrogens (primary N) is 1. The number of hydrogen-bond donors (Lipinski definition) is 4. The van der Waals surface area contributed by atoms with Crippen molar-refractivity contribution in [3.05, 3.63) is 47.3 Å². The van der Waals surface area contributed by atoms with E-state index in [1.807, 2.05) is 0 Å². The van der Waals surface area contributed by atoms with E-state index in [1.54, 1.807) is 18.3 Å². The molecule has 24 heavy (non-hydrogen) atoms. The fourth-order valence-electron chi connectivity index (χ4n) is 2.83. The van der Waals surface area contributed by atoms with E-state index in [1.165, 1.54) is 12.1 Å². The number of primary sulfonamides is 1. The van der Waals surface area contributed by atoms with Gasteiger partial charge in [-0.1, -0.05) is 12.1 Å². The lowest BCUT2D eigenvalue weighted by Gasteiger charge is -2.23. The van der Waals surface area contributed by atoms with Crippen LogP contribution in [0.4, 0.5) is 4.79 Å². The average molecular weight is 349 g/mol. The Morgan fingerprint density at radius 2 is 2.25 bits per heavy atom. The van der Waals surface area contributed by atoms with Crippen LogP contribution < -0.4 is 15.8 Å². The first-order valence-electron chi connectivity index (χ1n) is 7.62. The molecule has 1 aromatic heterocycles. The molecule has 1 heterocycles. The quantitative estimate of drug-likeness (QED) is 0.654. The van der Waals surface area contributed by atoms with Crippen molar-refractivity contribution in [1.82, 2.24) is 20.8 Å². The summed E-state index contributed by atoms with van der Waals surface area (Å²) in [4.78, 5) is 12.1. The molecule has 0 unspecified atom stereocenters. The third kappa shape index (κ3) is 3.74. The summed E-state index contributed by atoms with van der Waals surface area (Å²) < 4.78 is 22.7. The minimum absolute atomic E-state index is 0.0246. The third-order valence-electron chi connectivity index (χ3n) is 4.02. The number of aryl methyl sites for hydroxylation is 1. The van der Waals surface area contributed by atoms with Crippen molar-refractivity contribution in [3.63, 3.8) is 0 Å². The van der Waals surface area contributed by atoms with Crippen LogP contribution in [0.3, 0.4) is 0 Å². The number of nitrogens with one attached hydrogen (secondary N) is 3. The zero-order valence-corrected chi connectivity index (χ0v) is 13.8. The molecule has 0 saturated carbocycles. The number of carbonyl (C=O) groups is 1. The average Bonchev–Trinajstić information content (AvgIpc) is 3.02. The first-order chi connectivity index (χ1) is 11.4. The molecule has 2 amide bonds. The summed E-state index contributed by atoms with van der Waals surface area (Å²) in [6.45, 7) is 0.206. The zero-order chi connectivity index (χ0) is 17.2. The molecule has 1 aliphatic carbocycles. The smallest absolute Gasteiger partial charge is 0.315 e. The lowest BCUT2D eigenvalue weighted by molar-refractivity contribution is 0.235. The van der Waals surface area contributed by atoms with Gasteiger partial charge in [-0.15, -0.1) is 0 Å². The second kappa shape index (κ2) is 6.62. The van der Waals surface area contributed by atoms with Crippen LogP contribution in [0.5, 0.6) is 0 Å². The Bertz CT molecular complexity index is 846. The van der Waals surface area contributed by atoms with Gasteiger partial charge in [0.05, 0.1) is 22.8 Å². The Labute approximate surface area is 139 Å². The van der Waals surface area contributed by atoms with Gasteiger partial charge in [0.1, 0.15) is 0 Å². The normalized spacial score (nSPS) is 17.1. The van der Waals surface area contributed by atoms with Crippen molar-refractivity contribution in [1.29, 1.82) is 0 Å². The molecule has 9 heteroatoms. The summed E-state index contributed by atoms with van der Waals surface area (Å²) in [5.41, 5.74) is 2.74. The van der Waals surface area contributed by atoms with Crippen molar-refractivity contribution in [2.45, 2.75) is 36.7 Å². The monoisotopic (exact) mass is 349 g/mol. The number of urea groups is 1. The Hall–Kier alpha value is -2.39.